The van der Waals surface area contributed by atoms with Crippen molar-refractivity contribution >= 4 is 5.91 Å². The minimum absolute atomic E-state index is 0.143. The van der Waals surface area contributed by atoms with E-state index in [1.807, 2.05) is 4.90 Å². The standard InChI is InChI=1S/C11H27N6O/c12-3-1-2-10(11(18)16-7-4-13)17(8-5-14)9-6-15/h10H,1-9,12-15H2/t10-/m1/s1. The summed E-state index contributed by atoms with van der Waals surface area (Å²) in [4.78, 5) is 14.0. The Bertz CT molecular complexity index is 208. The van der Waals surface area contributed by atoms with Gasteiger partial charge in [-0.2, -0.15) is 0 Å². The summed E-state index contributed by atoms with van der Waals surface area (Å²) in [5.74, 6) is -0.143. The lowest BCUT2D eigenvalue weighted by atomic mass is 10.1. The van der Waals surface area contributed by atoms with Crippen molar-refractivity contribution in [3.8, 4) is 0 Å². The van der Waals surface area contributed by atoms with E-state index in [1.165, 1.54) is 0 Å². The highest BCUT2D eigenvalue weighted by atomic mass is 16.2. The molecule has 0 aromatic carbocycles. The van der Waals surface area contributed by atoms with Crippen LogP contribution in [0, 0.1) is 0 Å². The van der Waals surface area contributed by atoms with Crippen molar-refractivity contribution in [1.82, 2.24) is 10.2 Å². The van der Waals surface area contributed by atoms with Crippen LogP contribution in [0.3, 0.4) is 0 Å². The van der Waals surface area contributed by atoms with Gasteiger partial charge in [0.25, 0.3) is 5.91 Å². The predicted octanol–water partition coefficient (Wildman–Crippen LogP) is -2.60. The first kappa shape index (κ1) is 17.3. The number of carbonyl (C=O) groups is 1. The Morgan fingerprint density at radius 1 is 1.00 bits per heavy atom. The maximum Gasteiger partial charge on any atom is 0.258 e. The maximum atomic E-state index is 12.0. The average molecular weight is 259 g/mol. The minimum atomic E-state index is -0.271. The van der Waals surface area contributed by atoms with Gasteiger partial charge in [-0.1, -0.05) is 0 Å². The third-order valence-corrected chi connectivity index (χ3v) is 2.64. The van der Waals surface area contributed by atoms with Gasteiger partial charge >= 0.3 is 0 Å². The fraction of sp³-hybridized carbons (Fsp3) is 0.909. The van der Waals surface area contributed by atoms with Crippen LogP contribution < -0.4 is 28.3 Å². The van der Waals surface area contributed by atoms with E-state index >= 15 is 0 Å². The van der Waals surface area contributed by atoms with Gasteiger partial charge in [0, 0.05) is 32.7 Å². The van der Waals surface area contributed by atoms with Crippen LogP contribution >= 0.6 is 0 Å². The summed E-state index contributed by atoms with van der Waals surface area (Å²) < 4.78 is 0. The lowest BCUT2D eigenvalue weighted by Crippen LogP contribution is -2.49. The summed E-state index contributed by atoms with van der Waals surface area (Å²) in [5.41, 5.74) is 22.0. The van der Waals surface area contributed by atoms with E-state index in [9.17, 15) is 4.79 Å². The molecule has 8 N–H and O–H groups in total. The summed E-state index contributed by atoms with van der Waals surface area (Å²) in [6.07, 6.45) is 1.46. The molecule has 107 valence electrons. The molecule has 0 aliphatic carbocycles. The predicted molar refractivity (Wildman–Crippen MR) is 72.8 cm³/mol. The highest BCUT2D eigenvalue weighted by molar-refractivity contribution is 5.81. The zero-order valence-electron chi connectivity index (χ0n) is 11.1. The topological polar surface area (TPSA) is 138 Å². The van der Waals surface area contributed by atoms with Crippen LogP contribution in [-0.2, 0) is 4.79 Å². The molecule has 1 atom stereocenters. The molecule has 0 heterocycles. The molecule has 0 saturated heterocycles. The molecular formula is C11H27N6O. The molecule has 7 heteroatoms. The molecular weight excluding hydrogens is 232 g/mol. The van der Waals surface area contributed by atoms with Crippen molar-refractivity contribution in [3.05, 3.63) is 0 Å². The number of nitrogens with zero attached hydrogens (tertiary/aromatic N) is 2. The second-order valence-electron chi connectivity index (χ2n) is 4.07. The first-order valence-corrected chi connectivity index (χ1v) is 6.46. The van der Waals surface area contributed by atoms with E-state index in [1.54, 1.807) is 0 Å². The lowest BCUT2D eigenvalue weighted by Gasteiger charge is -2.29. The second-order valence-corrected chi connectivity index (χ2v) is 4.07. The quantitative estimate of drug-likeness (QED) is 0.321. The van der Waals surface area contributed by atoms with E-state index in [0.717, 1.165) is 6.42 Å². The SMILES string of the molecule is NCCC[C@H](C(=O)[N]CCN)N(CCN)CCN. The summed E-state index contributed by atoms with van der Waals surface area (Å²) >= 11 is 0. The van der Waals surface area contributed by atoms with Gasteiger partial charge in [0.1, 0.15) is 0 Å². The van der Waals surface area contributed by atoms with E-state index in [0.29, 0.717) is 52.2 Å². The molecule has 0 aromatic rings. The van der Waals surface area contributed by atoms with Crippen molar-refractivity contribution in [2.24, 2.45) is 22.9 Å². The summed E-state index contributed by atoms with van der Waals surface area (Å²) in [7, 11) is 0. The number of amides is 1. The number of rotatable bonds is 11. The van der Waals surface area contributed by atoms with Crippen LogP contribution in [0.4, 0.5) is 0 Å². The Labute approximate surface area is 109 Å². The fourth-order valence-electron chi connectivity index (χ4n) is 1.81. The van der Waals surface area contributed by atoms with Crippen LogP contribution in [0.5, 0.6) is 0 Å². The zero-order chi connectivity index (χ0) is 13.8. The number of hydrogen-bond acceptors (Lipinski definition) is 6. The minimum Gasteiger partial charge on any atom is -0.330 e. The molecule has 0 aliphatic rings. The number of carbonyl (C=O) groups excluding carboxylic acids is 1. The lowest BCUT2D eigenvalue weighted by molar-refractivity contribution is -0.127. The molecule has 1 amide bonds. The monoisotopic (exact) mass is 259 g/mol. The fourth-order valence-corrected chi connectivity index (χ4v) is 1.81. The van der Waals surface area contributed by atoms with Gasteiger partial charge in [0.2, 0.25) is 0 Å². The normalized spacial score (nSPS) is 12.7. The molecule has 0 spiro atoms. The second kappa shape index (κ2) is 11.4. The van der Waals surface area contributed by atoms with Gasteiger partial charge in [0.05, 0.1) is 12.6 Å². The third-order valence-electron chi connectivity index (χ3n) is 2.64. The molecule has 1 radical (unpaired) electrons. The Kier molecular flexibility index (Phi) is 10.9. The summed E-state index contributed by atoms with van der Waals surface area (Å²) in [6, 6.07) is -0.271. The molecule has 18 heavy (non-hydrogen) atoms. The van der Waals surface area contributed by atoms with E-state index < -0.39 is 0 Å². The van der Waals surface area contributed by atoms with E-state index in [4.69, 9.17) is 22.9 Å². The molecule has 0 aromatic heterocycles. The van der Waals surface area contributed by atoms with Crippen molar-refractivity contribution in [2.75, 3.05) is 45.8 Å². The average Bonchev–Trinajstić information content (AvgIpc) is 2.37. The molecule has 7 nitrogen and oxygen atoms in total. The Balaban J connectivity index is 4.52. The van der Waals surface area contributed by atoms with Crippen LogP contribution in [0.15, 0.2) is 0 Å². The van der Waals surface area contributed by atoms with Crippen molar-refractivity contribution in [1.29, 1.82) is 0 Å². The smallest absolute Gasteiger partial charge is 0.258 e. The molecule has 0 aliphatic heterocycles. The van der Waals surface area contributed by atoms with Crippen molar-refractivity contribution < 1.29 is 4.79 Å². The Morgan fingerprint density at radius 2 is 1.61 bits per heavy atom. The highest BCUT2D eigenvalue weighted by Gasteiger charge is 2.24. The molecule has 0 saturated carbocycles. The highest BCUT2D eigenvalue weighted by Crippen LogP contribution is 2.07. The third kappa shape index (κ3) is 6.87. The first-order chi connectivity index (χ1) is 8.71. The molecule has 0 unspecified atom stereocenters. The van der Waals surface area contributed by atoms with Crippen LogP contribution in [0.1, 0.15) is 12.8 Å². The van der Waals surface area contributed by atoms with Crippen molar-refractivity contribution in [3.63, 3.8) is 0 Å². The zero-order valence-corrected chi connectivity index (χ0v) is 11.1. The largest absolute Gasteiger partial charge is 0.330 e. The van der Waals surface area contributed by atoms with Gasteiger partial charge in [-0.15, -0.1) is 0 Å². The Hall–Kier alpha value is -0.730. The first-order valence-electron chi connectivity index (χ1n) is 6.46. The van der Waals surface area contributed by atoms with Crippen LogP contribution in [0.25, 0.3) is 0 Å². The van der Waals surface area contributed by atoms with E-state index in [-0.39, 0.29) is 11.9 Å². The van der Waals surface area contributed by atoms with Gasteiger partial charge < -0.3 is 22.9 Å². The van der Waals surface area contributed by atoms with Gasteiger partial charge in [-0.05, 0) is 19.4 Å². The number of nitrogens with two attached hydrogens (primary N) is 4. The van der Waals surface area contributed by atoms with Crippen LogP contribution in [-0.4, -0.2) is 62.7 Å². The van der Waals surface area contributed by atoms with E-state index in [2.05, 4.69) is 5.32 Å². The van der Waals surface area contributed by atoms with Gasteiger partial charge in [-0.25, -0.2) is 5.32 Å². The summed E-state index contributed by atoms with van der Waals surface area (Å²) in [6.45, 7) is 3.54. The molecule has 0 rings (SSSR count). The maximum absolute atomic E-state index is 12.0. The molecule has 0 bridgehead atoms. The summed E-state index contributed by atoms with van der Waals surface area (Å²) in [5, 5.41) is 3.95. The Morgan fingerprint density at radius 3 is 2.06 bits per heavy atom. The molecule has 0 fully saturated rings. The van der Waals surface area contributed by atoms with Crippen molar-refractivity contribution in [2.45, 2.75) is 18.9 Å². The number of hydrogen-bond donors (Lipinski definition) is 4. The van der Waals surface area contributed by atoms with Gasteiger partial charge in [-0.3, -0.25) is 9.69 Å². The van der Waals surface area contributed by atoms with Crippen LogP contribution in [0.2, 0.25) is 0 Å². The van der Waals surface area contributed by atoms with Gasteiger partial charge in [0.15, 0.2) is 0 Å².